The fourth-order valence-electron chi connectivity index (χ4n) is 1.80. The second kappa shape index (κ2) is 5.44. The molecule has 0 aliphatic rings. The lowest BCUT2D eigenvalue weighted by Crippen LogP contribution is -2.13. The minimum absolute atomic E-state index is 0.243. The van der Waals surface area contributed by atoms with Crippen molar-refractivity contribution in [1.82, 2.24) is 0 Å². The molecule has 0 saturated heterocycles. The number of carbonyl (C=O) groups is 1. The topological polar surface area (TPSA) is 64.3 Å². The number of nitrogen functional groups attached to an aromatic ring is 1. The van der Waals surface area contributed by atoms with Gasteiger partial charge in [-0.15, -0.1) is 0 Å². The predicted octanol–water partition coefficient (Wildman–Crippen LogP) is 2.84. The Bertz CT molecular complexity index is 592. The van der Waals surface area contributed by atoms with E-state index < -0.39 is 0 Å². The van der Waals surface area contributed by atoms with Crippen molar-refractivity contribution in [2.75, 3.05) is 18.2 Å². The van der Waals surface area contributed by atoms with Gasteiger partial charge in [-0.25, -0.2) is 0 Å². The van der Waals surface area contributed by atoms with Crippen LogP contribution in [0, 0.1) is 6.92 Å². The third-order valence-corrected chi connectivity index (χ3v) is 2.80. The Hall–Kier alpha value is -2.49. The van der Waals surface area contributed by atoms with Crippen LogP contribution in [0.25, 0.3) is 0 Å². The number of nitrogens with two attached hydrogens (primary N) is 1. The average molecular weight is 256 g/mol. The minimum Gasteiger partial charge on any atom is -0.494 e. The monoisotopic (exact) mass is 256 g/mol. The van der Waals surface area contributed by atoms with Crippen molar-refractivity contribution >= 4 is 17.3 Å². The summed E-state index contributed by atoms with van der Waals surface area (Å²) in [6, 6.07) is 12.7. The summed E-state index contributed by atoms with van der Waals surface area (Å²) in [7, 11) is 1.49. The van der Waals surface area contributed by atoms with Gasteiger partial charge in [0.2, 0.25) is 0 Å². The van der Waals surface area contributed by atoms with Gasteiger partial charge in [-0.3, -0.25) is 4.79 Å². The van der Waals surface area contributed by atoms with E-state index in [2.05, 4.69) is 5.32 Å². The van der Waals surface area contributed by atoms with Crippen molar-refractivity contribution in [2.45, 2.75) is 6.92 Å². The van der Waals surface area contributed by atoms with Crippen molar-refractivity contribution in [2.24, 2.45) is 0 Å². The Morgan fingerprint density at radius 1 is 1.16 bits per heavy atom. The van der Waals surface area contributed by atoms with Gasteiger partial charge >= 0.3 is 0 Å². The SMILES string of the molecule is COc1c(N)cccc1C(=O)Nc1ccc(C)cc1. The molecule has 2 rings (SSSR count). The van der Waals surface area contributed by atoms with E-state index in [1.807, 2.05) is 31.2 Å². The molecule has 3 N–H and O–H groups in total. The molecular weight excluding hydrogens is 240 g/mol. The molecule has 0 unspecified atom stereocenters. The number of aryl methyl sites for hydroxylation is 1. The van der Waals surface area contributed by atoms with Crippen LogP contribution in [0.5, 0.6) is 5.75 Å². The zero-order valence-corrected chi connectivity index (χ0v) is 10.9. The van der Waals surface area contributed by atoms with Gasteiger partial charge < -0.3 is 15.8 Å². The van der Waals surface area contributed by atoms with Gasteiger partial charge in [0.25, 0.3) is 5.91 Å². The molecule has 0 aliphatic carbocycles. The van der Waals surface area contributed by atoms with Crippen molar-refractivity contribution in [3.8, 4) is 5.75 Å². The molecule has 4 heteroatoms. The van der Waals surface area contributed by atoms with Gasteiger partial charge in [0.05, 0.1) is 18.4 Å². The Morgan fingerprint density at radius 3 is 2.47 bits per heavy atom. The van der Waals surface area contributed by atoms with Crippen LogP contribution in [0.3, 0.4) is 0 Å². The first-order valence-electron chi connectivity index (χ1n) is 5.92. The van der Waals surface area contributed by atoms with Gasteiger partial charge in [0.1, 0.15) is 0 Å². The molecule has 0 aromatic heterocycles. The maximum atomic E-state index is 12.2. The molecule has 0 saturated carbocycles. The Labute approximate surface area is 112 Å². The fourth-order valence-corrected chi connectivity index (χ4v) is 1.80. The van der Waals surface area contributed by atoms with E-state index in [0.29, 0.717) is 17.0 Å². The highest BCUT2D eigenvalue weighted by atomic mass is 16.5. The van der Waals surface area contributed by atoms with Crippen molar-refractivity contribution in [3.63, 3.8) is 0 Å². The normalized spacial score (nSPS) is 10.0. The smallest absolute Gasteiger partial charge is 0.259 e. The van der Waals surface area contributed by atoms with Gasteiger partial charge in [-0.1, -0.05) is 23.8 Å². The molecule has 0 radical (unpaired) electrons. The molecule has 0 bridgehead atoms. The van der Waals surface area contributed by atoms with Crippen LogP contribution >= 0.6 is 0 Å². The molecule has 1 amide bonds. The Kier molecular flexibility index (Phi) is 3.71. The minimum atomic E-state index is -0.243. The summed E-state index contributed by atoms with van der Waals surface area (Å²) in [6.07, 6.45) is 0. The first-order valence-corrected chi connectivity index (χ1v) is 5.92. The molecule has 2 aromatic rings. The van der Waals surface area contributed by atoms with E-state index in [-0.39, 0.29) is 5.91 Å². The number of methoxy groups -OCH3 is 1. The highest BCUT2D eigenvalue weighted by Crippen LogP contribution is 2.26. The summed E-state index contributed by atoms with van der Waals surface area (Å²) in [5.74, 6) is 0.153. The molecule has 2 aromatic carbocycles. The number of benzene rings is 2. The van der Waals surface area contributed by atoms with Crippen LogP contribution in [-0.4, -0.2) is 13.0 Å². The lowest BCUT2D eigenvalue weighted by Gasteiger charge is -2.11. The lowest BCUT2D eigenvalue weighted by molar-refractivity contribution is 0.102. The first-order chi connectivity index (χ1) is 9.11. The number of carbonyl (C=O) groups excluding carboxylic acids is 1. The largest absolute Gasteiger partial charge is 0.494 e. The number of rotatable bonds is 3. The van der Waals surface area contributed by atoms with Gasteiger partial charge in [0.15, 0.2) is 5.75 Å². The molecule has 0 atom stereocenters. The van der Waals surface area contributed by atoms with Crippen LogP contribution in [0.1, 0.15) is 15.9 Å². The number of nitrogens with one attached hydrogen (secondary N) is 1. The molecule has 0 spiro atoms. The first kappa shape index (κ1) is 13.0. The second-order valence-electron chi connectivity index (χ2n) is 4.25. The van der Waals surface area contributed by atoms with E-state index in [1.165, 1.54) is 7.11 Å². The fraction of sp³-hybridized carbons (Fsp3) is 0.133. The Balaban J connectivity index is 2.25. The number of ether oxygens (including phenoxy) is 1. The van der Waals surface area contributed by atoms with E-state index in [9.17, 15) is 4.79 Å². The zero-order chi connectivity index (χ0) is 13.8. The predicted molar refractivity (Wildman–Crippen MR) is 76.5 cm³/mol. The average Bonchev–Trinajstić information content (AvgIpc) is 2.41. The molecule has 98 valence electrons. The summed E-state index contributed by atoms with van der Waals surface area (Å²) >= 11 is 0. The van der Waals surface area contributed by atoms with Crippen LogP contribution in [0.2, 0.25) is 0 Å². The van der Waals surface area contributed by atoms with Gasteiger partial charge in [0, 0.05) is 5.69 Å². The van der Waals surface area contributed by atoms with Crippen molar-refractivity contribution in [1.29, 1.82) is 0 Å². The lowest BCUT2D eigenvalue weighted by atomic mass is 10.1. The zero-order valence-electron chi connectivity index (χ0n) is 10.9. The summed E-state index contributed by atoms with van der Waals surface area (Å²) in [5.41, 5.74) is 8.52. The molecule has 19 heavy (non-hydrogen) atoms. The maximum absolute atomic E-state index is 12.2. The van der Waals surface area contributed by atoms with Crippen LogP contribution in [0.4, 0.5) is 11.4 Å². The summed E-state index contributed by atoms with van der Waals surface area (Å²) in [4.78, 5) is 12.2. The second-order valence-corrected chi connectivity index (χ2v) is 4.25. The molecule has 4 nitrogen and oxygen atoms in total. The molecule has 0 fully saturated rings. The van der Waals surface area contributed by atoms with E-state index in [1.54, 1.807) is 18.2 Å². The summed E-state index contributed by atoms with van der Waals surface area (Å²) in [6.45, 7) is 1.99. The third kappa shape index (κ3) is 2.85. The highest BCUT2D eigenvalue weighted by molar-refractivity contribution is 6.07. The number of amides is 1. The van der Waals surface area contributed by atoms with Crippen LogP contribution in [0.15, 0.2) is 42.5 Å². The summed E-state index contributed by atoms with van der Waals surface area (Å²) in [5, 5.41) is 2.81. The van der Waals surface area contributed by atoms with E-state index in [4.69, 9.17) is 10.5 Å². The van der Waals surface area contributed by atoms with Gasteiger partial charge in [-0.05, 0) is 31.2 Å². The molecular formula is C15H16N2O2. The highest BCUT2D eigenvalue weighted by Gasteiger charge is 2.14. The third-order valence-electron chi connectivity index (χ3n) is 2.80. The van der Waals surface area contributed by atoms with Crippen molar-refractivity contribution in [3.05, 3.63) is 53.6 Å². The number of hydrogen-bond donors (Lipinski definition) is 2. The quantitative estimate of drug-likeness (QED) is 0.830. The number of anilines is 2. The van der Waals surface area contributed by atoms with Crippen molar-refractivity contribution < 1.29 is 9.53 Å². The Morgan fingerprint density at radius 2 is 1.84 bits per heavy atom. The maximum Gasteiger partial charge on any atom is 0.259 e. The number of para-hydroxylation sites is 1. The number of hydrogen-bond acceptors (Lipinski definition) is 3. The molecule has 0 heterocycles. The van der Waals surface area contributed by atoms with Crippen LogP contribution in [-0.2, 0) is 0 Å². The van der Waals surface area contributed by atoms with Gasteiger partial charge in [-0.2, -0.15) is 0 Å². The van der Waals surface area contributed by atoms with E-state index in [0.717, 1.165) is 11.3 Å². The summed E-state index contributed by atoms with van der Waals surface area (Å²) < 4.78 is 5.17. The molecule has 0 aliphatic heterocycles. The van der Waals surface area contributed by atoms with Crippen LogP contribution < -0.4 is 15.8 Å². The standard InChI is InChI=1S/C15H16N2O2/c1-10-6-8-11(9-7-10)17-15(18)12-4-3-5-13(16)14(12)19-2/h3-9H,16H2,1-2H3,(H,17,18). The van der Waals surface area contributed by atoms with E-state index >= 15 is 0 Å².